The van der Waals surface area contributed by atoms with Crippen molar-refractivity contribution in [3.63, 3.8) is 0 Å². The Morgan fingerprint density at radius 3 is 2.61 bits per heavy atom. The molecule has 1 aromatic heterocycles. The Bertz CT molecular complexity index is 844. The molecule has 0 saturated carbocycles. The van der Waals surface area contributed by atoms with Crippen LogP contribution in [0.4, 0.5) is 0 Å². The van der Waals surface area contributed by atoms with Gasteiger partial charge in [-0.2, -0.15) is 5.10 Å². The number of furan rings is 1. The summed E-state index contributed by atoms with van der Waals surface area (Å²) in [4.78, 5) is 12.0. The highest BCUT2D eigenvalue weighted by molar-refractivity contribution is 5.97. The van der Waals surface area contributed by atoms with E-state index < -0.39 is 0 Å². The lowest BCUT2D eigenvalue weighted by Crippen LogP contribution is -2.18. The lowest BCUT2D eigenvalue weighted by Gasteiger charge is -1.99. The highest BCUT2D eigenvalue weighted by Crippen LogP contribution is 2.17. The molecule has 1 N–H and O–H groups in total. The molecule has 3 aromatic rings. The first kappa shape index (κ1) is 14.8. The number of benzene rings is 2. The van der Waals surface area contributed by atoms with Crippen molar-refractivity contribution in [2.45, 2.75) is 6.92 Å². The number of fused-ring (bicyclic) bond motifs is 1. The third kappa shape index (κ3) is 3.74. The normalized spacial score (nSPS) is 12.0. The molecule has 4 heteroatoms. The van der Waals surface area contributed by atoms with E-state index in [2.05, 4.69) is 10.5 Å². The van der Waals surface area contributed by atoms with E-state index in [4.69, 9.17) is 4.42 Å². The fourth-order valence-electron chi connectivity index (χ4n) is 2.17. The average molecular weight is 304 g/mol. The van der Waals surface area contributed by atoms with Crippen molar-refractivity contribution in [2.24, 2.45) is 5.10 Å². The van der Waals surface area contributed by atoms with Crippen LogP contribution in [0, 0.1) is 0 Å². The number of hydrogen-bond donors (Lipinski definition) is 1. The molecule has 3 rings (SSSR count). The van der Waals surface area contributed by atoms with Crippen LogP contribution in [-0.2, 0) is 4.79 Å². The van der Waals surface area contributed by atoms with Gasteiger partial charge < -0.3 is 4.42 Å². The molecule has 0 aliphatic heterocycles. The van der Waals surface area contributed by atoms with Crippen LogP contribution in [0.25, 0.3) is 17.0 Å². The first-order chi connectivity index (χ1) is 11.2. The second-order valence-electron chi connectivity index (χ2n) is 5.12. The number of hydrogen-bond acceptors (Lipinski definition) is 3. The Morgan fingerprint density at radius 1 is 1.09 bits per heavy atom. The molecule has 1 amide bonds. The zero-order valence-corrected chi connectivity index (χ0v) is 12.7. The van der Waals surface area contributed by atoms with Crippen molar-refractivity contribution in [3.05, 3.63) is 77.6 Å². The maximum Gasteiger partial charge on any atom is 0.267 e. The number of rotatable bonds is 4. The number of amides is 1. The standard InChI is InChI=1S/C19H16N2O2/c1-14(11-15-7-3-2-4-8-15)19(22)21-20-13-17-12-16-9-5-6-10-18(16)23-17/h2-13H,1H3,(H,21,22)/b14-11+,20-13+. The second-order valence-corrected chi connectivity index (χ2v) is 5.12. The molecule has 0 fully saturated rings. The Kier molecular flexibility index (Phi) is 4.34. The van der Waals surface area contributed by atoms with Crippen LogP contribution in [0.1, 0.15) is 18.2 Å². The van der Waals surface area contributed by atoms with Gasteiger partial charge in [0, 0.05) is 11.0 Å². The fourth-order valence-corrected chi connectivity index (χ4v) is 2.17. The molecule has 0 radical (unpaired) electrons. The van der Waals surface area contributed by atoms with Crippen molar-refractivity contribution in [1.82, 2.24) is 5.43 Å². The quantitative estimate of drug-likeness (QED) is 0.450. The monoisotopic (exact) mass is 304 g/mol. The SMILES string of the molecule is C/C(=C\c1ccccc1)C(=O)N/N=C/c1cc2ccccc2o1. The maximum absolute atomic E-state index is 12.0. The van der Waals surface area contributed by atoms with Gasteiger partial charge in [-0.1, -0.05) is 48.5 Å². The number of carbonyl (C=O) groups excluding carboxylic acids is 1. The van der Waals surface area contributed by atoms with Gasteiger partial charge in [-0.25, -0.2) is 5.43 Å². The van der Waals surface area contributed by atoms with Gasteiger partial charge in [-0.3, -0.25) is 4.79 Å². The minimum atomic E-state index is -0.249. The van der Waals surface area contributed by atoms with Crippen LogP contribution in [0.15, 0.2) is 75.8 Å². The van der Waals surface area contributed by atoms with Crippen LogP contribution >= 0.6 is 0 Å². The van der Waals surface area contributed by atoms with Crippen molar-refractivity contribution in [3.8, 4) is 0 Å². The van der Waals surface area contributed by atoms with Crippen LogP contribution in [0.5, 0.6) is 0 Å². The van der Waals surface area contributed by atoms with E-state index in [1.165, 1.54) is 6.21 Å². The number of nitrogens with one attached hydrogen (secondary N) is 1. The summed E-state index contributed by atoms with van der Waals surface area (Å²) in [7, 11) is 0. The third-order valence-corrected chi connectivity index (χ3v) is 3.34. The molecule has 4 nitrogen and oxygen atoms in total. The van der Waals surface area contributed by atoms with E-state index in [0.29, 0.717) is 11.3 Å². The van der Waals surface area contributed by atoms with Crippen molar-refractivity contribution < 1.29 is 9.21 Å². The molecule has 114 valence electrons. The third-order valence-electron chi connectivity index (χ3n) is 3.34. The predicted octanol–water partition coefficient (Wildman–Crippen LogP) is 3.99. The Hall–Kier alpha value is -3.14. The van der Waals surface area contributed by atoms with Gasteiger partial charge >= 0.3 is 0 Å². The molecule has 23 heavy (non-hydrogen) atoms. The molecular weight excluding hydrogens is 288 g/mol. The lowest BCUT2D eigenvalue weighted by molar-refractivity contribution is -0.117. The molecule has 0 atom stereocenters. The molecule has 2 aromatic carbocycles. The minimum absolute atomic E-state index is 0.249. The Balaban J connectivity index is 1.65. The fraction of sp³-hybridized carbons (Fsp3) is 0.0526. The van der Waals surface area contributed by atoms with E-state index in [1.54, 1.807) is 6.92 Å². The Morgan fingerprint density at radius 2 is 1.83 bits per heavy atom. The average Bonchev–Trinajstić information content (AvgIpc) is 2.98. The van der Waals surface area contributed by atoms with Gasteiger partial charge in [0.2, 0.25) is 0 Å². The van der Waals surface area contributed by atoms with Crippen LogP contribution < -0.4 is 5.43 Å². The van der Waals surface area contributed by atoms with Gasteiger partial charge in [0.25, 0.3) is 5.91 Å². The van der Waals surface area contributed by atoms with Crippen molar-refractivity contribution in [2.75, 3.05) is 0 Å². The van der Waals surface area contributed by atoms with Gasteiger partial charge in [0.15, 0.2) is 0 Å². The summed E-state index contributed by atoms with van der Waals surface area (Å²) in [6.07, 6.45) is 3.31. The zero-order valence-electron chi connectivity index (χ0n) is 12.7. The summed E-state index contributed by atoms with van der Waals surface area (Å²) >= 11 is 0. The summed E-state index contributed by atoms with van der Waals surface area (Å²) < 4.78 is 5.59. The van der Waals surface area contributed by atoms with Crippen molar-refractivity contribution >= 4 is 29.2 Å². The molecule has 0 spiro atoms. The predicted molar refractivity (Wildman–Crippen MR) is 92.0 cm³/mol. The zero-order chi connectivity index (χ0) is 16.1. The molecule has 0 unspecified atom stereocenters. The largest absolute Gasteiger partial charge is 0.455 e. The molecule has 0 aliphatic rings. The van der Waals surface area contributed by atoms with Gasteiger partial charge in [-0.05, 0) is 30.7 Å². The molecular formula is C19H16N2O2. The van der Waals surface area contributed by atoms with Gasteiger partial charge in [0.1, 0.15) is 11.3 Å². The maximum atomic E-state index is 12.0. The van der Waals surface area contributed by atoms with Gasteiger partial charge in [-0.15, -0.1) is 0 Å². The molecule has 0 bridgehead atoms. The van der Waals surface area contributed by atoms with E-state index in [9.17, 15) is 4.79 Å². The summed E-state index contributed by atoms with van der Waals surface area (Å²) in [5.41, 5.74) is 4.84. The minimum Gasteiger partial charge on any atom is -0.455 e. The summed E-state index contributed by atoms with van der Waals surface area (Å²) in [6.45, 7) is 1.75. The van der Waals surface area contributed by atoms with Crippen LogP contribution in [-0.4, -0.2) is 12.1 Å². The number of para-hydroxylation sites is 1. The highest BCUT2D eigenvalue weighted by atomic mass is 16.3. The smallest absolute Gasteiger partial charge is 0.267 e. The lowest BCUT2D eigenvalue weighted by atomic mass is 10.1. The summed E-state index contributed by atoms with van der Waals surface area (Å²) in [5.74, 6) is 0.345. The first-order valence-electron chi connectivity index (χ1n) is 7.28. The first-order valence-corrected chi connectivity index (χ1v) is 7.28. The van der Waals surface area contributed by atoms with Gasteiger partial charge in [0.05, 0.1) is 6.21 Å². The number of hydrazone groups is 1. The van der Waals surface area contributed by atoms with Crippen molar-refractivity contribution in [1.29, 1.82) is 0 Å². The number of carbonyl (C=O) groups is 1. The van der Waals surface area contributed by atoms with E-state index in [-0.39, 0.29) is 5.91 Å². The molecule has 0 aliphatic carbocycles. The second kappa shape index (κ2) is 6.75. The van der Waals surface area contributed by atoms with E-state index in [1.807, 2.05) is 66.7 Å². The van der Waals surface area contributed by atoms with Crippen LogP contribution in [0.3, 0.4) is 0 Å². The van der Waals surface area contributed by atoms with E-state index in [0.717, 1.165) is 16.5 Å². The number of nitrogens with zero attached hydrogens (tertiary/aromatic N) is 1. The molecule has 1 heterocycles. The molecule has 0 saturated heterocycles. The highest BCUT2D eigenvalue weighted by Gasteiger charge is 2.03. The summed E-state index contributed by atoms with van der Waals surface area (Å²) in [5, 5.41) is 4.94. The van der Waals surface area contributed by atoms with Crippen LogP contribution in [0.2, 0.25) is 0 Å². The topological polar surface area (TPSA) is 54.6 Å². The summed E-state index contributed by atoms with van der Waals surface area (Å²) in [6, 6.07) is 19.2. The van der Waals surface area contributed by atoms with E-state index >= 15 is 0 Å². The Labute approximate surface area is 134 Å².